The van der Waals surface area contributed by atoms with E-state index in [1.165, 1.54) is 0 Å². The second-order valence-corrected chi connectivity index (χ2v) is 4.89. The number of hydrogen-bond acceptors (Lipinski definition) is 5. The first kappa shape index (κ1) is 12.9. The van der Waals surface area contributed by atoms with E-state index in [1.807, 2.05) is 25.1 Å². The Kier molecular flexibility index (Phi) is 2.95. The highest BCUT2D eigenvalue weighted by Gasteiger charge is 2.30. The first-order valence-corrected chi connectivity index (χ1v) is 6.46. The first-order chi connectivity index (χ1) is 10.1. The van der Waals surface area contributed by atoms with E-state index in [0.717, 1.165) is 16.9 Å². The van der Waals surface area contributed by atoms with Crippen LogP contribution >= 0.6 is 0 Å². The van der Waals surface area contributed by atoms with Gasteiger partial charge in [-0.25, -0.2) is 9.98 Å². The minimum Gasteiger partial charge on any atom is -0.385 e. The summed E-state index contributed by atoms with van der Waals surface area (Å²) in [6.45, 7) is 1.88. The van der Waals surface area contributed by atoms with Crippen LogP contribution in [-0.2, 0) is 0 Å². The highest BCUT2D eigenvalue weighted by molar-refractivity contribution is 5.96. The second-order valence-electron chi connectivity index (χ2n) is 4.89. The Morgan fingerprint density at radius 3 is 2.95 bits per heavy atom. The normalized spacial score (nSPS) is 16.4. The predicted octanol–water partition coefficient (Wildman–Crippen LogP) is 2.00. The van der Waals surface area contributed by atoms with Gasteiger partial charge >= 0.3 is 0 Å². The van der Waals surface area contributed by atoms with Crippen LogP contribution in [0.2, 0.25) is 0 Å². The maximum absolute atomic E-state index is 9.04. The topological polar surface area (TPSA) is 113 Å². The van der Waals surface area contributed by atoms with Gasteiger partial charge in [0, 0.05) is 0 Å². The van der Waals surface area contributed by atoms with Crippen molar-refractivity contribution < 1.29 is 0 Å². The molecule has 0 saturated carbocycles. The average Bonchev–Trinajstić information content (AvgIpc) is 2.44. The van der Waals surface area contributed by atoms with Crippen LogP contribution in [0.4, 0.5) is 17.2 Å². The second kappa shape index (κ2) is 4.80. The molecule has 1 unspecified atom stereocenters. The van der Waals surface area contributed by atoms with Gasteiger partial charge in [0.05, 0.1) is 28.7 Å². The van der Waals surface area contributed by atoms with Crippen LogP contribution in [0.1, 0.15) is 22.9 Å². The molecular weight excluding hydrogens is 264 g/mol. The van der Waals surface area contributed by atoms with E-state index in [4.69, 9.17) is 16.7 Å². The summed E-state index contributed by atoms with van der Waals surface area (Å²) in [6, 6.07) is 10.9. The van der Waals surface area contributed by atoms with Crippen molar-refractivity contribution in [3.63, 3.8) is 0 Å². The summed E-state index contributed by atoms with van der Waals surface area (Å²) in [5.74, 6) is 0.850. The molecule has 1 aliphatic rings. The maximum atomic E-state index is 9.04. The van der Waals surface area contributed by atoms with Gasteiger partial charge in [0.15, 0.2) is 0 Å². The van der Waals surface area contributed by atoms with E-state index >= 15 is 0 Å². The number of nitrogens with two attached hydrogens (primary N) is 2. The molecule has 0 bridgehead atoms. The lowest BCUT2D eigenvalue weighted by Gasteiger charge is -2.30. The number of nitrogens with zero attached hydrogens (tertiary/aromatic N) is 3. The molecule has 6 heteroatoms. The molecule has 0 saturated heterocycles. The van der Waals surface area contributed by atoms with Gasteiger partial charge in [-0.3, -0.25) is 0 Å². The molecule has 0 amide bonds. The van der Waals surface area contributed by atoms with Crippen LogP contribution in [-0.4, -0.2) is 10.8 Å². The zero-order valence-corrected chi connectivity index (χ0v) is 11.5. The van der Waals surface area contributed by atoms with Crippen molar-refractivity contribution >= 4 is 23.0 Å². The highest BCUT2D eigenvalue weighted by atomic mass is 15.1. The molecule has 1 aliphatic heterocycles. The van der Waals surface area contributed by atoms with Gasteiger partial charge in [0.25, 0.3) is 0 Å². The number of hydrogen-bond donors (Lipinski definition) is 3. The third kappa shape index (κ3) is 2.25. The highest BCUT2D eigenvalue weighted by Crippen LogP contribution is 2.35. The van der Waals surface area contributed by atoms with Gasteiger partial charge in [0.2, 0.25) is 0 Å². The number of nitrogens with one attached hydrogen (secondary N) is 1. The van der Waals surface area contributed by atoms with Crippen molar-refractivity contribution in [1.29, 1.82) is 5.26 Å². The number of aryl methyl sites for hydroxylation is 1. The number of nitriles is 1. The fraction of sp³-hybridized carbons (Fsp3) is 0.133. The third-order valence-electron chi connectivity index (χ3n) is 3.42. The Morgan fingerprint density at radius 1 is 1.38 bits per heavy atom. The number of rotatable bonds is 2. The third-order valence-corrected chi connectivity index (χ3v) is 3.42. The number of benzene rings is 1. The molecule has 3 rings (SSSR count). The van der Waals surface area contributed by atoms with E-state index in [1.54, 1.807) is 12.1 Å². The Morgan fingerprint density at radius 2 is 2.19 bits per heavy atom. The summed E-state index contributed by atoms with van der Waals surface area (Å²) in [4.78, 5) is 8.61. The molecule has 0 radical (unpaired) electrons. The fourth-order valence-corrected chi connectivity index (χ4v) is 2.21. The molecule has 5 N–H and O–H groups in total. The summed E-state index contributed by atoms with van der Waals surface area (Å²) >= 11 is 0. The lowest BCUT2D eigenvalue weighted by Crippen LogP contribution is -2.36. The predicted molar refractivity (Wildman–Crippen MR) is 82.2 cm³/mol. The number of aromatic nitrogens is 1. The number of amidine groups is 1. The van der Waals surface area contributed by atoms with Crippen molar-refractivity contribution in [3.8, 4) is 6.07 Å². The first-order valence-electron chi connectivity index (χ1n) is 6.46. The largest absolute Gasteiger partial charge is 0.385 e. The van der Waals surface area contributed by atoms with E-state index in [9.17, 15) is 0 Å². The van der Waals surface area contributed by atoms with E-state index in [-0.39, 0.29) is 6.04 Å². The lowest BCUT2D eigenvalue weighted by atomic mass is 10.0. The number of fused-ring (bicyclic) bond motifs is 1. The summed E-state index contributed by atoms with van der Waals surface area (Å²) in [7, 11) is 0. The lowest BCUT2D eigenvalue weighted by molar-refractivity contribution is 0.881. The van der Waals surface area contributed by atoms with E-state index in [0.29, 0.717) is 22.9 Å². The van der Waals surface area contributed by atoms with Crippen molar-refractivity contribution in [1.82, 2.24) is 4.98 Å². The van der Waals surface area contributed by atoms with Crippen LogP contribution in [0.3, 0.4) is 0 Å². The Bertz CT molecular complexity index is 787. The molecule has 2 heterocycles. The zero-order chi connectivity index (χ0) is 15.0. The van der Waals surface area contributed by atoms with Crippen LogP contribution in [0, 0.1) is 18.3 Å². The molecule has 0 spiro atoms. The van der Waals surface area contributed by atoms with Crippen LogP contribution in [0.5, 0.6) is 0 Å². The van der Waals surface area contributed by atoms with Crippen LogP contribution < -0.4 is 16.8 Å². The minimum atomic E-state index is -0.240. The average molecular weight is 278 g/mol. The van der Waals surface area contributed by atoms with Gasteiger partial charge in [-0.1, -0.05) is 6.07 Å². The van der Waals surface area contributed by atoms with E-state index in [2.05, 4.69) is 21.4 Å². The van der Waals surface area contributed by atoms with Gasteiger partial charge in [-0.15, -0.1) is 0 Å². The number of aliphatic imine (C=N–C) groups is 1. The molecule has 1 aromatic heterocycles. The molecule has 6 nitrogen and oxygen atoms in total. The molecule has 0 fully saturated rings. The molecular formula is C15H14N6. The zero-order valence-electron chi connectivity index (χ0n) is 11.5. The van der Waals surface area contributed by atoms with Crippen molar-refractivity contribution in [2.75, 3.05) is 11.1 Å². The molecule has 21 heavy (non-hydrogen) atoms. The Labute approximate surface area is 122 Å². The summed E-state index contributed by atoms with van der Waals surface area (Å²) < 4.78 is 0. The van der Waals surface area contributed by atoms with Crippen molar-refractivity contribution in [3.05, 3.63) is 47.2 Å². The van der Waals surface area contributed by atoms with Gasteiger partial charge in [-0.05, 0) is 36.8 Å². The number of anilines is 2. The fourth-order valence-electron chi connectivity index (χ4n) is 2.21. The standard InChI is InChI=1S/C15H14N6/c1-8-2-3-10(6-9(8)7-16)19-15(18)14-13-11(20-14)4-5-12(17)21-13/h2-6,14,20H,1H3,(H2,17,21)(H2,18,19). The molecule has 1 aromatic carbocycles. The quantitative estimate of drug-likeness (QED) is 0.574. The van der Waals surface area contributed by atoms with E-state index < -0.39 is 0 Å². The smallest absolute Gasteiger partial charge is 0.129 e. The Hall–Kier alpha value is -3.07. The SMILES string of the molecule is Cc1ccc(N=C(N)C2Nc3ccc(N)nc32)cc1C#N. The summed E-state index contributed by atoms with van der Waals surface area (Å²) in [5, 5.41) is 12.2. The van der Waals surface area contributed by atoms with Crippen LogP contribution in [0.15, 0.2) is 35.3 Å². The molecule has 104 valence electrons. The maximum Gasteiger partial charge on any atom is 0.129 e. The molecule has 2 aromatic rings. The summed E-state index contributed by atoms with van der Waals surface area (Å²) in [5.41, 5.74) is 15.6. The van der Waals surface area contributed by atoms with Crippen molar-refractivity contribution in [2.24, 2.45) is 10.7 Å². The number of nitrogen functional groups attached to an aromatic ring is 1. The monoisotopic (exact) mass is 278 g/mol. The molecule has 0 aliphatic carbocycles. The summed E-state index contributed by atoms with van der Waals surface area (Å²) in [6.07, 6.45) is 0. The number of pyridine rings is 1. The van der Waals surface area contributed by atoms with Gasteiger partial charge < -0.3 is 16.8 Å². The van der Waals surface area contributed by atoms with Gasteiger partial charge in [-0.2, -0.15) is 5.26 Å². The Balaban J connectivity index is 1.90. The van der Waals surface area contributed by atoms with Crippen molar-refractivity contribution in [2.45, 2.75) is 13.0 Å². The molecule has 1 atom stereocenters. The minimum absolute atomic E-state index is 0.240. The van der Waals surface area contributed by atoms with Crippen LogP contribution in [0.25, 0.3) is 0 Å². The van der Waals surface area contributed by atoms with Gasteiger partial charge in [0.1, 0.15) is 17.7 Å².